The molecule has 112 valence electrons. The summed E-state index contributed by atoms with van der Waals surface area (Å²) in [5, 5.41) is 11.0. The zero-order chi connectivity index (χ0) is 15.7. The van der Waals surface area contributed by atoms with Gasteiger partial charge in [0.25, 0.3) is 0 Å². The third-order valence-corrected chi connectivity index (χ3v) is 3.04. The molecule has 0 saturated carbocycles. The summed E-state index contributed by atoms with van der Waals surface area (Å²) in [7, 11) is 1.60. The lowest BCUT2D eigenvalue weighted by Crippen LogP contribution is -2.42. The minimum absolute atomic E-state index is 0.153. The molecule has 0 spiro atoms. The topological polar surface area (TPSA) is 82.4 Å². The Morgan fingerprint density at radius 1 is 1.38 bits per heavy atom. The van der Waals surface area contributed by atoms with Crippen LogP contribution < -0.4 is 5.32 Å². The smallest absolute Gasteiger partial charge is 0.407 e. The van der Waals surface area contributed by atoms with Crippen molar-refractivity contribution in [2.75, 3.05) is 13.6 Å². The van der Waals surface area contributed by atoms with E-state index in [9.17, 15) is 9.59 Å². The maximum atomic E-state index is 11.8. The zero-order valence-electron chi connectivity index (χ0n) is 12.2. The second-order valence-electron chi connectivity index (χ2n) is 4.63. The number of rotatable bonds is 6. The van der Waals surface area contributed by atoms with E-state index in [1.165, 1.54) is 4.90 Å². The predicted molar refractivity (Wildman–Crippen MR) is 77.1 cm³/mol. The Morgan fingerprint density at radius 2 is 2.05 bits per heavy atom. The molecule has 1 unspecified atom stereocenters. The molecule has 0 aliphatic carbocycles. The number of alkyl carbamates (subject to hydrolysis) is 1. The Kier molecular flexibility index (Phi) is 6.75. The van der Waals surface area contributed by atoms with Crippen LogP contribution in [0.4, 0.5) is 4.79 Å². The van der Waals surface area contributed by atoms with Gasteiger partial charge in [0.1, 0.15) is 13.2 Å². The number of benzene rings is 1. The SMILES string of the molecule is CC(CC#N)N(C)C(=O)CNC(=O)OCc1ccccc1. The number of amides is 2. The molecule has 6 heteroatoms. The Labute approximate surface area is 124 Å². The van der Waals surface area contributed by atoms with Crippen molar-refractivity contribution in [2.24, 2.45) is 0 Å². The molecule has 1 N–H and O–H groups in total. The molecule has 0 radical (unpaired) electrons. The first-order chi connectivity index (χ1) is 10.0. The van der Waals surface area contributed by atoms with Gasteiger partial charge in [0, 0.05) is 13.1 Å². The van der Waals surface area contributed by atoms with Gasteiger partial charge >= 0.3 is 6.09 Å². The van der Waals surface area contributed by atoms with E-state index >= 15 is 0 Å². The second-order valence-corrected chi connectivity index (χ2v) is 4.63. The van der Waals surface area contributed by atoms with Gasteiger partial charge in [-0.3, -0.25) is 4.79 Å². The van der Waals surface area contributed by atoms with Crippen LogP contribution in [0.25, 0.3) is 0 Å². The van der Waals surface area contributed by atoms with Gasteiger partial charge in [0.05, 0.1) is 12.5 Å². The van der Waals surface area contributed by atoms with Crippen molar-refractivity contribution < 1.29 is 14.3 Å². The van der Waals surface area contributed by atoms with Crippen LogP contribution in [0.2, 0.25) is 0 Å². The summed E-state index contributed by atoms with van der Waals surface area (Å²) in [6.45, 7) is 1.77. The van der Waals surface area contributed by atoms with E-state index in [2.05, 4.69) is 5.32 Å². The Bertz CT molecular complexity index is 511. The Hall–Kier alpha value is -2.55. The largest absolute Gasteiger partial charge is 0.445 e. The summed E-state index contributed by atoms with van der Waals surface area (Å²) in [5.41, 5.74) is 0.874. The number of hydrogen-bond acceptors (Lipinski definition) is 4. The molecule has 0 saturated heterocycles. The van der Waals surface area contributed by atoms with E-state index in [1.54, 1.807) is 14.0 Å². The van der Waals surface area contributed by atoms with Gasteiger partial charge < -0.3 is 15.0 Å². The first kappa shape index (κ1) is 16.5. The molecule has 0 aliphatic rings. The lowest BCUT2D eigenvalue weighted by atomic mass is 10.2. The van der Waals surface area contributed by atoms with Crippen LogP contribution in [0.15, 0.2) is 30.3 Å². The van der Waals surface area contributed by atoms with Gasteiger partial charge in [-0.25, -0.2) is 4.79 Å². The summed E-state index contributed by atoms with van der Waals surface area (Å²) in [6, 6.07) is 11.1. The molecular formula is C15H19N3O3. The van der Waals surface area contributed by atoms with Crippen LogP contribution in [0.3, 0.4) is 0 Å². The molecule has 6 nitrogen and oxygen atoms in total. The number of ether oxygens (including phenoxy) is 1. The fourth-order valence-electron chi connectivity index (χ4n) is 1.56. The number of nitriles is 1. The summed E-state index contributed by atoms with van der Waals surface area (Å²) in [5.74, 6) is -0.269. The average molecular weight is 289 g/mol. The lowest BCUT2D eigenvalue weighted by molar-refractivity contribution is -0.130. The minimum atomic E-state index is -0.645. The molecule has 2 amide bonds. The molecular weight excluding hydrogens is 270 g/mol. The van der Waals surface area contributed by atoms with Crippen molar-refractivity contribution in [1.82, 2.24) is 10.2 Å². The number of nitrogens with one attached hydrogen (secondary N) is 1. The average Bonchev–Trinajstić information content (AvgIpc) is 2.51. The molecule has 0 bridgehead atoms. The fraction of sp³-hybridized carbons (Fsp3) is 0.400. The summed E-state index contributed by atoms with van der Waals surface area (Å²) < 4.78 is 4.99. The zero-order valence-corrected chi connectivity index (χ0v) is 12.2. The normalized spacial score (nSPS) is 11.1. The third-order valence-electron chi connectivity index (χ3n) is 3.04. The summed E-state index contributed by atoms with van der Waals surface area (Å²) in [4.78, 5) is 24.7. The summed E-state index contributed by atoms with van der Waals surface area (Å²) in [6.07, 6.45) is -0.394. The lowest BCUT2D eigenvalue weighted by Gasteiger charge is -2.22. The standard InChI is InChI=1S/C15H19N3O3/c1-12(8-9-16)18(2)14(19)10-17-15(20)21-11-13-6-4-3-5-7-13/h3-7,12H,8,10-11H2,1-2H3,(H,17,20). The van der Waals surface area contributed by atoms with Crippen LogP contribution in [-0.4, -0.2) is 36.5 Å². The molecule has 21 heavy (non-hydrogen) atoms. The van der Waals surface area contributed by atoms with Crippen LogP contribution >= 0.6 is 0 Å². The maximum Gasteiger partial charge on any atom is 0.407 e. The van der Waals surface area contributed by atoms with E-state index < -0.39 is 6.09 Å². The third kappa shape index (κ3) is 5.95. The molecule has 1 aromatic rings. The van der Waals surface area contributed by atoms with Crippen LogP contribution in [0, 0.1) is 11.3 Å². The van der Waals surface area contributed by atoms with Crippen molar-refractivity contribution in [2.45, 2.75) is 26.0 Å². The minimum Gasteiger partial charge on any atom is -0.445 e. The quantitative estimate of drug-likeness (QED) is 0.863. The number of likely N-dealkylation sites (N-methyl/N-ethyl adjacent to an activating group) is 1. The van der Waals surface area contributed by atoms with Crippen LogP contribution in [0.5, 0.6) is 0 Å². The fourth-order valence-corrected chi connectivity index (χ4v) is 1.56. The van der Waals surface area contributed by atoms with Crippen molar-refractivity contribution in [3.05, 3.63) is 35.9 Å². The van der Waals surface area contributed by atoms with Gasteiger partial charge in [0.15, 0.2) is 0 Å². The maximum absolute atomic E-state index is 11.8. The van der Waals surface area contributed by atoms with E-state index in [0.717, 1.165) is 5.56 Å². The number of carbonyl (C=O) groups excluding carboxylic acids is 2. The molecule has 1 rings (SSSR count). The Morgan fingerprint density at radius 3 is 2.67 bits per heavy atom. The van der Waals surface area contributed by atoms with Crippen molar-refractivity contribution in [3.63, 3.8) is 0 Å². The van der Waals surface area contributed by atoms with Gasteiger partial charge in [-0.2, -0.15) is 5.26 Å². The monoisotopic (exact) mass is 289 g/mol. The van der Waals surface area contributed by atoms with E-state index in [-0.39, 0.29) is 31.5 Å². The molecule has 0 aromatic heterocycles. The van der Waals surface area contributed by atoms with Gasteiger partial charge in [0.2, 0.25) is 5.91 Å². The highest BCUT2D eigenvalue weighted by molar-refractivity contribution is 5.82. The molecule has 0 aliphatic heterocycles. The van der Waals surface area contributed by atoms with Gasteiger partial charge in [-0.05, 0) is 12.5 Å². The highest BCUT2D eigenvalue weighted by Gasteiger charge is 2.16. The summed E-state index contributed by atoms with van der Waals surface area (Å²) >= 11 is 0. The van der Waals surface area contributed by atoms with Crippen molar-refractivity contribution >= 4 is 12.0 Å². The number of carbonyl (C=O) groups is 2. The second kappa shape index (κ2) is 8.59. The van der Waals surface area contributed by atoms with Crippen LogP contribution in [0.1, 0.15) is 18.9 Å². The highest BCUT2D eigenvalue weighted by atomic mass is 16.5. The Balaban J connectivity index is 2.29. The molecule has 0 fully saturated rings. The molecule has 1 atom stereocenters. The van der Waals surface area contributed by atoms with E-state index in [1.807, 2.05) is 36.4 Å². The number of nitrogens with zero attached hydrogens (tertiary/aromatic N) is 2. The predicted octanol–water partition coefficient (Wildman–Crippen LogP) is 1.67. The highest BCUT2D eigenvalue weighted by Crippen LogP contribution is 2.01. The molecule has 0 heterocycles. The van der Waals surface area contributed by atoms with Crippen molar-refractivity contribution in [1.29, 1.82) is 5.26 Å². The number of hydrogen-bond donors (Lipinski definition) is 1. The first-order valence-corrected chi connectivity index (χ1v) is 6.61. The van der Waals surface area contributed by atoms with Gasteiger partial charge in [-0.15, -0.1) is 0 Å². The van der Waals surface area contributed by atoms with Crippen LogP contribution in [-0.2, 0) is 16.1 Å². The van der Waals surface area contributed by atoms with Gasteiger partial charge in [-0.1, -0.05) is 30.3 Å². The van der Waals surface area contributed by atoms with Crippen molar-refractivity contribution in [3.8, 4) is 6.07 Å². The first-order valence-electron chi connectivity index (χ1n) is 6.61. The van der Waals surface area contributed by atoms with E-state index in [0.29, 0.717) is 0 Å². The van der Waals surface area contributed by atoms with E-state index in [4.69, 9.17) is 10.00 Å². The molecule has 1 aromatic carbocycles.